The molecule has 2 amide bonds. The van der Waals surface area contributed by atoms with E-state index in [-0.39, 0.29) is 12.1 Å². The van der Waals surface area contributed by atoms with Gasteiger partial charge < -0.3 is 9.64 Å². The smallest absolute Gasteiger partial charge is 0.278 e. The van der Waals surface area contributed by atoms with Gasteiger partial charge in [0.2, 0.25) is 0 Å². The van der Waals surface area contributed by atoms with Crippen LogP contribution < -0.4 is 9.64 Å². The summed E-state index contributed by atoms with van der Waals surface area (Å²) in [4.78, 5) is 30.5. The Morgan fingerprint density at radius 1 is 0.909 bits per heavy atom. The summed E-state index contributed by atoms with van der Waals surface area (Å²) in [7, 11) is 1.54. The van der Waals surface area contributed by atoms with Crippen LogP contribution >= 0.6 is 0 Å². The van der Waals surface area contributed by atoms with Crippen molar-refractivity contribution >= 4 is 23.1 Å². The van der Waals surface area contributed by atoms with Crippen LogP contribution in [0.3, 0.4) is 0 Å². The molecule has 3 aromatic carbocycles. The quantitative estimate of drug-likeness (QED) is 0.544. The average molecular weight is 442 g/mol. The lowest BCUT2D eigenvalue weighted by molar-refractivity contribution is -0.137. The molecule has 2 aliphatic heterocycles. The van der Waals surface area contributed by atoms with E-state index in [1.165, 1.54) is 13.2 Å². The molecule has 33 heavy (non-hydrogen) atoms. The van der Waals surface area contributed by atoms with Crippen molar-refractivity contribution in [3.63, 3.8) is 0 Å². The molecule has 0 N–H and O–H groups in total. The minimum atomic E-state index is -0.453. The number of rotatable bonds is 5. The van der Waals surface area contributed by atoms with Crippen LogP contribution in [-0.4, -0.2) is 30.4 Å². The fraction of sp³-hybridized carbons (Fsp3) is 0.185. The lowest BCUT2D eigenvalue weighted by atomic mass is 9.98. The van der Waals surface area contributed by atoms with Gasteiger partial charge >= 0.3 is 0 Å². The molecule has 0 bridgehead atoms. The summed E-state index contributed by atoms with van der Waals surface area (Å²) in [6.45, 7) is 0.472. The topological polar surface area (TPSA) is 49.9 Å². The number of aryl methyl sites for hydroxylation is 1. The Hall–Kier alpha value is -3.93. The Kier molecular flexibility index (Phi) is 5.42. The van der Waals surface area contributed by atoms with Gasteiger partial charge in [0.15, 0.2) is 0 Å². The van der Waals surface area contributed by atoms with Crippen LogP contribution in [0.4, 0.5) is 10.1 Å². The number of methoxy groups -OCH3 is 1. The standard InChI is InChI=1S/C27H23FN2O3/c1-33-23-15-7-4-12-20(23)24-25(29-16-8-11-18-9-3-6-14-22(18)29)27(32)30(26(24)31)17-19-10-2-5-13-21(19)28/h2-7,9-10,12-15H,8,11,16-17H2,1H3. The number of anilines is 1. The highest BCUT2D eigenvalue weighted by Gasteiger charge is 2.43. The number of halogens is 1. The van der Waals surface area contributed by atoms with E-state index in [9.17, 15) is 14.0 Å². The first-order valence-corrected chi connectivity index (χ1v) is 10.9. The van der Waals surface area contributed by atoms with Crippen LogP contribution in [0.25, 0.3) is 5.57 Å². The van der Waals surface area contributed by atoms with Crippen molar-refractivity contribution < 1.29 is 18.7 Å². The number of carbonyl (C=O) groups excluding carboxylic acids is 2. The van der Waals surface area contributed by atoms with Gasteiger partial charge in [-0.3, -0.25) is 14.5 Å². The second-order valence-electron chi connectivity index (χ2n) is 8.10. The molecule has 5 rings (SSSR count). The first-order chi connectivity index (χ1) is 16.1. The van der Waals surface area contributed by atoms with E-state index in [1.807, 2.05) is 41.3 Å². The molecule has 0 radical (unpaired) electrons. The van der Waals surface area contributed by atoms with Crippen LogP contribution in [0, 0.1) is 5.82 Å². The summed E-state index contributed by atoms with van der Waals surface area (Å²) in [5.74, 6) is -0.829. The van der Waals surface area contributed by atoms with Crippen molar-refractivity contribution in [1.82, 2.24) is 4.90 Å². The second kappa shape index (κ2) is 8.54. The van der Waals surface area contributed by atoms with E-state index < -0.39 is 17.6 Å². The van der Waals surface area contributed by atoms with E-state index in [2.05, 4.69) is 0 Å². The van der Waals surface area contributed by atoms with E-state index in [0.29, 0.717) is 29.1 Å². The second-order valence-corrected chi connectivity index (χ2v) is 8.10. The molecular formula is C27H23FN2O3. The normalized spacial score (nSPS) is 15.8. The van der Waals surface area contributed by atoms with Crippen LogP contribution in [0.1, 0.15) is 23.1 Å². The van der Waals surface area contributed by atoms with E-state index in [4.69, 9.17) is 4.74 Å². The maximum Gasteiger partial charge on any atom is 0.278 e. The van der Waals surface area contributed by atoms with Crippen molar-refractivity contribution in [3.05, 3.63) is 101 Å². The molecule has 3 aromatic rings. The number of nitrogens with zero attached hydrogens (tertiary/aromatic N) is 2. The molecule has 166 valence electrons. The van der Waals surface area contributed by atoms with Gasteiger partial charge in [0.25, 0.3) is 11.8 Å². The first kappa shape index (κ1) is 20.9. The molecule has 0 unspecified atom stereocenters. The summed E-state index contributed by atoms with van der Waals surface area (Å²) in [5, 5.41) is 0. The molecule has 0 fully saturated rings. The summed E-state index contributed by atoms with van der Waals surface area (Å²) in [6.07, 6.45) is 1.76. The van der Waals surface area contributed by atoms with Gasteiger partial charge in [-0.15, -0.1) is 0 Å². The fourth-order valence-electron chi connectivity index (χ4n) is 4.61. The maximum absolute atomic E-state index is 14.4. The zero-order valence-corrected chi connectivity index (χ0v) is 18.3. The number of para-hydroxylation sites is 2. The van der Waals surface area contributed by atoms with Crippen molar-refractivity contribution in [3.8, 4) is 5.75 Å². The Morgan fingerprint density at radius 2 is 1.64 bits per heavy atom. The summed E-state index contributed by atoms with van der Waals surface area (Å²) >= 11 is 0. The third kappa shape index (κ3) is 3.57. The first-order valence-electron chi connectivity index (χ1n) is 10.9. The summed E-state index contributed by atoms with van der Waals surface area (Å²) in [5.41, 5.74) is 3.48. The summed E-state index contributed by atoms with van der Waals surface area (Å²) < 4.78 is 19.9. The molecule has 0 aliphatic carbocycles. The maximum atomic E-state index is 14.4. The minimum absolute atomic E-state index is 0.137. The number of amides is 2. The van der Waals surface area contributed by atoms with Gasteiger partial charge in [0.05, 0.1) is 19.2 Å². The predicted molar refractivity (Wildman–Crippen MR) is 124 cm³/mol. The van der Waals surface area contributed by atoms with Crippen molar-refractivity contribution in [2.45, 2.75) is 19.4 Å². The molecule has 2 aliphatic rings. The molecule has 0 atom stereocenters. The van der Waals surface area contributed by atoms with Crippen molar-refractivity contribution in [1.29, 1.82) is 0 Å². The summed E-state index contributed by atoms with van der Waals surface area (Å²) in [6, 6.07) is 21.3. The van der Waals surface area contributed by atoms with Crippen LogP contribution in [-0.2, 0) is 22.6 Å². The van der Waals surface area contributed by atoms with Crippen molar-refractivity contribution in [2.75, 3.05) is 18.6 Å². The van der Waals surface area contributed by atoms with Gasteiger partial charge in [-0.1, -0.05) is 54.6 Å². The SMILES string of the molecule is COc1ccccc1C1=C(N2CCCc3ccccc32)C(=O)N(Cc2ccccc2F)C1=O. The molecule has 0 aromatic heterocycles. The Balaban J connectivity index is 1.67. The lowest BCUT2D eigenvalue weighted by Crippen LogP contribution is -2.37. The molecular weight excluding hydrogens is 419 g/mol. The lowest BCUT2D eigenvalue weighted by Gasteiger charge is -2.32. The van der Waals surface area contributed by atoms with Crippen LogP contribution in [0.15, 0.2) is 78.5 Å². The van der Waals surface area contributed by atoms with Gasteiger partial charge in [-0.25, -0.2) is 4.39 Å². The van der Waals surface area contributed by atoms with Crippen LogP contribution in [0.2, 0.25) is 0 Å². The van der Waals surface area contributed by atoms with Crippen LogP contribution in [0.5, 0.6) is 5.75 Å². The highest BCUT2D eigenvalue weighted by molar-refractivity contribution is 6.37. The monoisotopic (exact) mass is 442 g/mol. The third-order valence-electron chi connectivity index (χ3n) is 6.19. The number of fused-ring (bicyclic) bond motifs is 1. The van der Waals surface area contributed by atoms with Gasteiger partial charge in [0.1, 0.15) is 17.3 Å². The molecule has 0 saturated carbocycles. The zero-order valence-electron chi connectivity index (χ0n) is 18.3. The van der Waals surface area contributed by atoms with E-state index in [1.54, 1.807) is 30.3 Å². The zero-order chi connectivity index (χ0) is 22.9. The Labute approximate surface area is 191 Å². The highest BCUT2D eigenvalue weighted by Crippen LogP contribution is 2.40. The number of imide groups is 1. The minimum Gasteiger partial charge on any atom is -0.496 e. The Morgan fingerprint density at radius 3 is 2.45 bits per heavy atom. The molecule has 0 saturated heterocycles. The Bertz CT molecular complexity index is 1280. The molecule has 6 heteroatoms. The van der Waals surface area contributed by atoms with Gasteiger partial charge in [0, 0.05) is 23.4 Å². The number of hydrogen-bond donors (Lipinski definition) is 0. The van der Waals surface area contributed by atoms with E-state index in [0.717, 1.165) is 29.0 Å². The number of hydrogen-bond acceptors (Lipinski definition) is 4. The highest BCUT2D eigenvalue weighted by atomic mass is 19.1. The third-order valence-corrected chi connectivity index (χ3v) is 6.19. The molecule has 5 nitrogen and oxygen atoms in total. The molecule has 0 spiro atoms. The number of ether oxygens (including phenoxy) is 1. The van der Waals surface area contributed by atoms with E-state index >= 15 is 0 Å². The number of benzene rings is 3. The largest absolute Gasteiger partial charge is 0.496 e. The van der Waals surface area contributed by atoms with Gasteiger partial charge in [-0.05, 0) is 36.6 Å². The van der Waals surface area contributed by atoms with Gasteiger partial charge in [-0.2, -0.15) is 0 Å². The fourth-order valence-corrected chi connectivity index (χ4v) is 4.61. The predicted octanol–water partition coefficient (Wildman–Crippen LogP) is 4.57. The van der Waals surface area contributed by atoms with Crippen molar-refractivity contribution in [2.24, 2.45) is 0 Å². The molecule has 2 heterocycles. The number of carbonyl (C=O) groups is 2. The average Bonchev–Trinajstić information content (AvgIpc) is 3.09.